The maximum Gasteiger partial charge on any atom is 0.0107 e. The first-order valence-electron chi connectivity index (χ1n) is 6.12. The van der Waals surface area contributed by atoms with E-state index in [0.29, 0.717) is 12.0 Å². The lowest BCUT2D eigenvalue weighted by Crippen LogP contribution is -2.45. The third-order valence-corrected chi connectivity index (χ3v) is 3.82. The number of likely N-dealkylation sites (tertiary alicyclic amines) is 1. The van der Waals surface area contributed by atoms with Crippen molar-refractivity contribution in [3.63, 3.8) is 0 Å². The maximum absolute atomic E-state index is 5.74. The van der Waals surface area contributed by atoms with E-state index in [0.717, 1.165) is 12.6 Å². The molecule has 2 heteroatoms. The van der Waals surface area contributed by atoms with Crippen LogP contribution in [-0.4, -0.2) is 30.1 Å². The van der Waals surface area contributed by atoms with E-state index < -0.39 is 0 Å². The molecule has 0 aromatic carbocycles. The van der Waals surface area contributed by atoms with Crippen molar-refractivity contribution >= 4 is 0 Å². The number of hydrogen-bond donors (Lipinski definition) is 1. The lowest BCUT2D eigenvalue weighted by atomic mass is 10.00. The summed E-state index contributed by atoms with van der Waals surface area (Å²) in [6.45, 7) is 9.05. The van der Waals surface area contributed by atoms with E-state index in [2.05, 4.69) is 25.7 Å². The Morgan fingerprint density at radius 2 is 2.00 bits per heavy atom. The molecule has 3 atom stereocenters. The van der Waals surface area contributed by atoms with Gasteiger partial charge in [0, 0.05) is 12.1 Å². The van der Waals surface area contributed by atoms with Gasteiger partial charge in [-0.25, -0.2) is 0 Å². The molecule has 3 unspecified atom stereocenters. The van der Waals surface area contributed by atoms with Gasteiger partial charge in [-0.2, -0.15) is 0 Å². The molecule has 0 spiro atoms. The van der Waals surface area contributed by atoms with Gasteiger partial charge in [0.15, 0.2) is 0 Å². The van der Waals surface area contributed by atoms with Crippen LogP contribution in [0.1, 0.15) is 46.5 Å². The highest BCUT2D eigenvalue weighted by Crippen LogP contribution is 2.21. The van der Waals surface area contributed by atoms with Gasteiger partial charge in [0.1, 0.15) is 0 Å². The van der Waals surface area contributed by atoms with E-state index in [-0.39, 0.29) is 0 Å². The minimum atomic E-state index is 0.621. The van der Waals surface area contributed by atoms with Crippen LogP contribution in [0.2, 0.25) is 0 Å². The Morgan fingerprint density at radius 3 is 2.64 bits per heavy atom. The number of hydrogen-bond acceptors (Lipinski definition) is 2. The molecule has 0 bridgehead atoms. The van der Waals surface area contributed by atoms with Gasteiger partial charge in [-0.3, -0.25) is 4.90 Å². The monoisotopic (exact) mass is 198 g/mol. The molecule has 1 aliphatic heterocycles. The zero-order valence-corrected chi connectivity index (χ0v) is 10.00. The molecule has 2 N–H and O–H groups in total. The van der Waals surface area contributed by atoms with E-state index in [1.807, 2.05) is 0 Å². The first-order valence-corrected chi connectivity index (χ1v) is 6.12. The largest absolute Gasteiger partial charge is 0.330 e. The van der Waals surface area contributed by atoms with Gasteiger partial charge in [-0.15, -0.1) is 0 Å². The Morgan fingerprint density at radius 1 is 1.29 bits per heavy atom. The summed E-state index contributed by atoms with van der Waals surface area (Å²) in [5.41, 5.74) is 5.74. The van der Waals surface area contributed by atoms with Gasteiger partial charge in [0.25, 0.3) is 0 Å². The highest BCUT2D eigenvalue weighted by molar-refractivity contribution is 4.80. The minimum Gasteiger partial charge on any atom is -0.330 e. The number of nitrogens with zero attached hydrogens (tertiary/aromatic N) is 1. The van der Waals surface area contributed by atoms with Crippen LogP contribution in [-0.2, 0) is 0 Å². The highest BCUT2D eigenvalue weighted by Gasteiger charge is 2.24. The third kappa shape index (κ3) is 2.96. The zero-order valence-electron chi connectivity index (χ0n) is 10.00. The lowest BCUT2D eigenvalue weighted by molar-refractivity contribution is 0.121. The number of nitrogens with two attached hydrogens (primary N) is 1. The Labute approximate surface area is 88.8 Å². The van der Waals surface area contributed by atoms with Crippen molar-refractivity contribution in [2.45, 2.75) is 58.5 Å². The molecule has 1 saturated heterocycles. The minimum absolute atomic E-state index is 0.621. The zero-order chi connectivity index (χ0) is 10.6. The molecule has 14 heavy (non-hydrogen) atoms. The summed E-state index contributed by atoms with van der Waals surface area (Å²) in [6, 6.07) is 1.40. The predicted molar refractivity (Wildman–Crippen MR) is 62.3 cm³/mol. The Hall–Kier alpha value is -0.0800. The van der Waals surface area contributed by atoms with Crippen LogP contribution in [0.5, 0.6) is 0 Å². The summed E-state index contributed by atoms with van der Waals surface area (Å²) in [4.78, 5) is 2.66. The van der Waals surface area contributed by atoms with Crippen molar-refractivity contribution < 1.29 is 0 Å². The van der Waals surface area contributed by atoms with Crippen molar-refractivity contribution in [3.05, 3.63) is 0 Å². The molecule has 0 radical (unpaired) electrons. The quantitative estimate of drug-likeness (QED) is 0.753. The second kappa shape index (κ2) is 5.72. The van der Waals surface area contributed by atoms with Gasteiger partial charge in [-0.1, -0.05) is 19.8 Å². The third-order valence-electron chi connectivity index (χ3n) is 3.82. The van der Waals surface area contributed by atoms with E-state index in [4.69, 9.17) is 5.73 Å². The van der Waals surface area contributed by atoms with Crippen LogP contribution < -0.4 is 5.73 Å². The predicted octanol–water partition coefficient (Wildman–Crippen LogP) is 2.23. The van der Waals surface area contributed by atoms with Crippen LogP contribution in [0, 0.1) is 5.92 Å². The van der Waals surface area contributed by atoms with Gasteiger partial charge in [0.2, 0.25) is 0 Å². The molecular formula is C12H26N2. The topological polar surface area (TPSA) is 29.3 Å². The molecule has 1 fully saturated rings. The van der Waals surface area contributed by atoms with Gasteiger partial charge in [-0.05, 0) is 45.7 Å². The molecule has 0 aromatic rings. The molecule has 1 aliphatic rings. The van der Waals surface area contributed by atoms with Crippen LogP contribution in [0.3, 0.4) is 0 Å². The van der Waals surface area contributed by atoms with E-state index >= 15 is 0 Å². The van der Waals surface area contributed by atoms with Gasteiger partial charge < -0.3 is 5.73 Å². The van der Waals surface area contributed by atoms with Gasteiger partial charge in [0.05, 0.1) is 0 Å². The van der Waals surface area contributed by atoms with Crippen molar-refractivity contribution in [2.24, 2.45) is 11.7 Å². The number of rotatable bonds is 3. The molecule has 0 aromatic heterocycles. The molecule has 0 saturated carbocycles. The summed E-state index contributed by atoms with van der Waals surface area (Å²) in [6.07, 6.45) is 5.54. The second-order valence-corrected chi connectivity index (χ2v) is 4.89. The molecule has 0 aliphatic carbocycles. The van der Waals surface area contributed by atoms with Crippen LogP contribution >= 0.6 is 0 Å². The summed E-state index contributed by atoms with van der Waals surface area (Å²) >= 11 is 0. The lowest BCUT2D eigenvalue weighted by Gasteiger charge is -2.36. The first-order chi connectivity index (χ1) is 6.66. The molecule has 84 valence electrons. The van der Waals surface area contributed by atoms with Crippen molar-refractivity contribution in [1.29, 1.82) is 0 Å². The van der Waals surface area contributed by atoms with E-state index in [1.54, 1.807) is 0 Å². The first kappa shape index (κ1) is 12.0. The van der Waals surface area contributed by atoms with Crippen molar-refractivity contribution in [1.82, 2.24) is 4.90 Å². The average molecular weight is 198 g/mol. The summed E-state index contributed by atoms with van der Waals surface area (Å²) in [5.74, 6) is 0.621. The molecule has 1 heterocycles. The van der Waals surface area contributed by atoms with Crippen LogP contribution in [0.15, 0.2) is 0 Å². The fraction of sp³-hybridized carbons (Fsp3) is 1.00. The second-order valence-electron chi connectivity index (χ2n) is 4.89. The van der Waals surface area contributed by atoms with Crippen LogP contribution in [0.4, 0.5) is 0 Å². The van der Waals surface area contributed by atoms with Crippen molar-refractivity contribution in [2.75, 3.05) is 13.1 Å². The van der Waals surface area contributed by atoms with Crippen molar-refractivity contribution in [3.8, 4) is 0 Å². The average Bonchev–Trinajstić information content (AvgIpc) is 2.40. The molecule has 0 amide bonds. The Balaban J connectivity index is 2.53. The standard InChI is InChI=1S/C12H26N2/c1-10(9-13)12(3)14-8-6-4-5-7-11(14)2/h10-12H,4-9,13H2,1-3H3. The normalized spacial score (nSPS) is 29.6. The summed E-state index contributed by atoms with van der Waals surface area (Å²) in [5, 5.41) is 0. The fourth-order valence-electron chi connectivity index (χ4n) is 2.43. The van der Waals surface area contributed by atoms with Gasteiger partial charge >= 0.3 is 0 Å². The Kier molecular flexibility index (Phi) is 4.90. The summed E-state index contributed by atoms with van der Waals surface area (Å²) < 4.78 is 0. The fourth-order valence-corrected chi connectivity index (χ4v) is 2.43. The van der Waals surface area contributed by atoms with Crippen LogP contribution in [0.25, 0.3) is 0 Å². The smallest absolute Gasteiger partial charge is 0.0107 e. The molecule has 2 nitrogen and oxygen atoms in total. The highest BCUT2D eigenvalue weighted by atomic mass is 15.2. The Bertz CT molecular complexity index is 158. The summed E-state index contributed by atoms with van der Waals surface area (Å²) in [7, 11) is 0. The SMILES string of the molecule is CC(CN)C(C)N1CCCCCC1C. The molecule has 1 rings (SSSR count). The van der Waals surface area contributed by atoms with E-state index in [1.165, 1.54) is 32.2 Å². The maximum atomic E-state index is 5.74. The molecular weight excluding hydrogens is 172 g/mol. The van der Waals surface area contributed by atoms with E-state index in [9.17, 15) is 0 Å².